The van der Waals surface area contributed by atoms with Crippen LogP contribution in [0.5, 0.6) is 0 Å². The zero-order valence-electron chi connectivity index (χ0n) is 14.3. The highest BCUT2D eigenvalue weighted by Crippen LogP contribution is 2.35. The second-order valence-electron chi connectivity index (χ2n) is 6.52. The molecule has 5 nitrogen and oxygen atoms in total. The maximum atomic E-state index is 11.0. The second-order valence-corrected chi connectivity index (χ2v) is 6.52. The van der Waals surface area contributed by atoms with E-state index in [-0.39, 0.29) is 0 Å². The predicted octanol–water partition coefficient (Wildman–Crippen LogP) is 2.20. The number of rotatable bonds is 4. The van der Waals surface area contributed by atoms with Gasteiger partial charge in [0.25, 0.3) is 0 Å². The highest BCUT2D eigenvalue weighted by molar-refractivity contribution is 5.47. The van der Waals surface area contributed by atoms with Crippen LogP contribution < -0.4 is 4.90 Å². The molecule has 1 saturated heterocycles. The smallest absolute Gasteiger partial charge is 0.135 e. The van der Waals surface area contributed by atoms with Crippen molar-refractivity contribution in [3.63, 3.8) is 0 Å². The van der Waals surface area contributed by atoms with Gasteiger partial charge in [-0.15, -0.1) is 0 Å². The third-order valence-corrected chi connectivity index (χ3v) is 4.76. The van der Waals surface area contributed by atoms with Gasteiger partial charge in [-0.05, 0) is 18.9 Å². The van der Waals surface area contributed by atoms with Gasteiger partial charge in [0.2, 0.25) is 0 Å². The van der Waals surface area contributed by atoms with Crippen LogP contribution in [-0.4, -0.2) is 39.4 Å². The first-order valence-corrected chi connectivity index (χ1v) is 8.58. The van der Waals surface area contributed by atoms with Crippen molar-refractivity contribution in [2.24, 2.45) is 0 Å². The van der Waals surface area contributed by atoms with E-state index in [1.807, 2.05) is 43.5 Å². The number of hydrogen-bond acceptors (Lipinski definition) is 5. The summed E-state index contributed by atoms with van der Waals surface area (Å²) in [5, 5.41) is 21.7. The minimum atomic E-state index is -1.20. The van der Waals surface area contributed by atoms with Crippen LogP contribution in [0.25, 0.3) is 0 Å². The second kappa shape index (κ2) is 6.87. The Kier molecular flexibility index (Phi) is 4.83. The Hall–Kier alpha value is -1.98. The number of aryl methyl sites for hydroxylation is 2. The third-order valence-electron chi connectivity index (χ3n) is 4.76. The van der Waals surface area contributed by atoms with E-state index in [0.29, 0.717) is 19.5 Å². The Labute approximate surface area is 143 Å². The number of β-amino-alcohol motifs (C(OH)–C–C–N with tert-alkyl or cyclic N) is 1. The van der Waals surface area contributed by atoms with Crippen LogP contribution in [0.4, 0.5) is 5.82 Å². The highest BCUT2D eigenvalue weighted by Gasteiger charge is 2.42. The minimum Gasteiger partial charge on any atom is -0.388 e. The van der Waals surface area contributed by atoms with Crippen molar-refractivity contribution in [1.82, 2.24) is 9.97 Å². The van der Waals surface area contributed by atoms with E-state index in [2.05, 4.69) is 21.8 Å². The lowest BCUT2D eigenvalue weighted by Crippen LogP contribution is -2.54. The molecule has 0 bridgehead atoms. The molecule has 0 aliphatic carbocycles. The fourth-order valence-corrected chi connectivity index (χ4v) is 3.38. The molecule has 0 saturated carbocycles. The average Bonchev–Trinajstić information content (AvgIpc) is 2.60. The number of aromatic nitrogens is 2. The molecule has 24 heavy (non-hydrogen) atoms. The van der Waals surface area contributed by atoms with E-state index in [1.54, 1.807) is 0 Å². The van der Waals surface area contributed by atoms with Crippen molar-refractivity contribution in [2.45, 2.75) is 44.8 Å². The van der Waals surface area contributed by atoms with Crippen LogP contribution in [0.3, 0.4) is 0 Å². The van der Waals surface area contributed by atoms with Crippen molar-refractivity contribution in [3.05, 3.63) is 53.5 Å². The number of hydrogen-bond donors (Lipinski definition) is 2. The zero-order chi connectivity index (χ0) is 17.2. The molecular weight excluding hydrogens is 302 g/mol. The lowest BCUT2D eigenvalue weighted by Gasteiger charge is -2.43. The van der Waals surface area contributed by atoms with Gasteiger partial charge in [0.05, 0.1) is 0 Å². The molecule has 1 aliphatic heterocycles. The summed E-state index contributed by atoms with van der Waals surface area (Å²) in [5.41, 5.74) is 0.662. The van der Waals surface area contributed by atoms with Crippen molar-refractivity contribution < 1.29 is 10.2 Å². The summed E-state index contributed by atoms with van der Waals surface area (Å²) in [6.07, 6.45) is 3.41. The maximum absolute atomic E-state index is 11.0. The van der Waals surface area contributed by atoms with Gasteiger partial charge in [0.15, 0.2) is 0 Å². The van der Waals surface area contributed by atoms with Gasteiger partial charge in [0, 0.05) is 31.3 Å². The largest absolute Gasteiger partial charge is 0.388 e. The zero-order valence-corrected chi connectivity index (χ0v) is 14.3. The number of piperidine rings is 1. The number of benzene rings is 1. The lowest BCUT2D eigenvalue weighted by atomic mass is 9.82. The molecule has 2 atom stereocenters. The third kappa shape index (κ3) is 3.14. The molecule has 1 aromatic heterocycles. The molecule has 2 aromatic rings. The van der Waals surface area contributed by atoms with Crippen LogP contribution in [-0.2, 0) is 12.0 Å². The van der Waals surface area contributed by atoms with E-state index < -0.39 is 11.7 Å². The van der Waals surface area contributed by atoms with Crippen molar-refractivity contribution in [2.75, 3.05) is 18.0 Å². The van der Waals surface area contributed by atoms with E-state index in [4.69, 9.17) is 0 Å². The monoisotopic (exact) mass is 327 g/mol. The lowest BCUT2D eigenvalue weighted by molar-refractivity contribution is -0.0918. The Balaban J connectivity index is 1.85. The van der Waals surface area contributed by atoms with Crippen LogP contribution in [0.1, 0.15) is 36.7 Å². The molecule has 1 aliphatic rings. The standard InChI is InChI=1S/C19H25N3O2/c1-3-7-15-12-20-14(2)21-18(15)22-11-10-19(24,17(23)13-22)16-8-5-4-6-9-16/h4-6,8-9,12,17,23-24H,3,7,10-11,13H2,1-2H3/t17-,19-/m0/s1. The molecule has 5 heteroatoms. The molecular formula is C19H25N3O2. The number of aliphatic hydroxyl groups excluding tert-OH is 1. The summed E-state index contributed by atoms with van der Waals surface area (Å²) < 4.78 is 0. The number of nitrogens with zero attached hydrogens (tertiary/aromatic N) is 3. The summed E-state index contributed by atoms with van der Waals surface area (Å²) in [6.45, 7) is 5.01. The summed E-state index contributed by atoms with van der Waals surface area (Å²) >= 11 is 0. The van der Waals surface area contributed by atoms with Crippen LogP contribution in [0, 0.1) is 6.92 Å². The first kappa shape index (κ1) is 16.9. The van der Waals surface area contributed by atoms with E-state index in [9.17, 15) is 10.2 Å². The van der Waals surface area contributed by atoms with Gasteiger partial charge in [-0.3, -0.25) is 0 Å². The molecule has 0 spiro atoms. The summed E-state index contributed by atoms with van der Waals surface area (Å²) in [5.74, 6) is 1.61. The molecule has 0 unspecified atom stereocenters. The molecule has 1 fully saturated rings. The van der Waals surface area contributed by atoms with E-state index in [1.165, 1.54) is 0 Å². The number of anilines is 1. The van der Waals surface area contributed by atoms with E-state index >= 15 is 0 Å². The van der Waals surface area contributed by atoms with Gasteiger partial charge in [0.1, 0.15) is 23.3 Å². The van der Waals surface area contributed by atoms with Gasteiger partial charge < -0.3 is 15.1 Å². The van der Waals surface area contributed by atoms with E-state index in [0.717, 1.165) is 35.6 Å². The quantitative estimate of drug-likeness (QED) is 0.901. The molecule has 3 rings (SSSR count). The highest BCUT2D eigenvalue weighted by atomic mass is 16.3. The van der Waals surface area contributed by atoms with Crippen molar-refractivity contribution in [1.29, 1.82) is 0 Å². The number of aliphatic hydroxyl groups is 2. The van der Waals surface area contributed by atoms with Crippen LogP contribution in [0.2, 0.25) is 0 Å². The van der Waals surface area contributed by atoms with Gasteiger partial charge in [-0.25, -0.2) is 9.97 Å². The molecule has 0 amide bonds. The Morgan fingerprint density at radius 1 is 1.29 bits per heavy atom. The first-order valence-electron chi connectivity index (χ1n) is 8.58. The molecule has 128 valence electrons. The summed E-state index contributed by atoms with van der Waals surface area (Å²) in [6, 6.07) is 9.43. The Morgan fingerprint density at radius 3 is 2.71 bits per heavy atom. The molecule has 2 N–H and O–H groups in total. The van der Waals surface area contributed by atoms with Gasteiger partial charge in [-0.1, -0.05) is 43.7 Å². The fourth-order valence-electron chi connectivity index (χ4n) is 3.38. The van der Waals surface area contributed by atoms with Gasteiger partial charge >= 0.3 is 0 Å². The SMILES string of the molecule is CCCc1cnc(C)nc1N1CC[C@](O)(c2ccccc2)[C@@H](O)C1. The fraction of sp³-hybridized carbons (Fsp3) is 0.474. The molecule has 1 aromatic carbocycles. The molecule has 0 radical (unpaired) electrons. The normalized spacial score (nSPS) is 24.2. The van der Waals surface area contributed by atoms with Gasteiger partial charge in [-0.2, -0.15) is 0 Å². The Morgan fingerprint density at radius 2 is 2.04 bits per heavy atom. The van der Waals surface area contributed by atoms with Crippen LogP contribution >= 0.6 is 0 Å². The topological polar surface area (TPSA) is 69.5 Å². The molecule has 2 heterocycles. The Bertz CT molecular complexity index is 692. The first-order chi connectivity index (χ1) is 11.5. The summed E-state index contributed by atoms with van der Waals surface area (Å²) in [4.78, 5) is 11.0. The van der Waals surface area contributed by atoms with Crippen LogP contribution in [0.15, 0.2) is 36.5 Å². The van der Waals surface area contributed by atoms with Crippen molar-refractivity contribution >= 4 is 5.82 Å². The summed E-state index contributed by atoms with van der Waals surface area (Å²) in [7, 11) is 0. The average molecular weight is 327 g/mol. The minimum absolute atomic E-state index is 0.360. The predicted molar refractivity (Wildman–Crippen MR) is 93.9 cm³/mol. The maximum Gasteiger partial charge on any atom is 0.135 e. The van der Waals surface area contributed by atoms with Crippen molar-refractivity contribution in [3.8, 4) is 0 Å².